The molecular weight excluding hydrogens is 234 g/mol. The summed E-state index contributed by atoms with van der Waals surface area (Å²) in [6, 6.07) is 6.69. The SMILES string of the molecule is CCCNC(c1ccc(C)c(C)c1)c1cnccn1. The number of aromatic nitrogens is 2. The van der Waals surface area contributed by atoms with E-state index >= 15 is 0 Å². The molecule has 1 heterocycles. The Morgan fingerprint density at radius 3 is 2.63 bits per heavy atom. The van der Waals surface area contributed by atoms with Crippen molar-refractivity contribution in [2.24, 2.45) is 0 Å². The standard InChI is InChI=1S/C16H21N3/c1-4-7-19-16(15-11-17-8-9-18-15)14-6-5-12(2)13(3)10-14/h5-6,8-11,16,19H,4,7H2,1-3H3. The zero-order valence-corrected chi connectivity index (χ0v) is 11.9. The molecule has 1 unspecified atom stereocenters. The van der Waals surface area contributed by atoms with Crippen LogP contribution in [0.3, 0.4) is 0 Å². The van der Waals surface area contributed by atoms with E-state index in [0.29, 0.717) is 0 Å². The molecule has 0 fully saturated rings. The van der Waals surface area contributed by atoms with Crippen LogP contribution in [0.25, 0.3) is 0 Å². The lowest BCUT2D eigenvalue weighted by atomic mass is 9.99. The van der Waals surface area contributed by atoms with Crippen LogP contribution in [0.4, 0.5) is 0 Å². The Balaban J connectivity index is 2.34. The van der Waals surface area contributed by atoms with Crippen LogP contribution in [-0.4, -0.2) is 16.5 Å². The molecule has 0 aliphatic rings. The third kappa shape index (κ3) is 3.38. The lowest BCUT2D eigenvalue weighted by molar-refractivity contribution is 0.584. The zero-order valence-electron chi connectivity index (χ0n) is 11.9. The van der Waals surface area contributed by atoms with Crippen molar-refractivity contribution in [2.45, 2.75) is 33.2 Å². The Bertz CT molecular complexity index is 523. The number of rotatable bonds is 5. The molecule has 1 atom stereocenters. The average molecular weight is 255 g/mol. The fraction of sp³-hybridized carbons (Fsp3) is 0.375. The Kier molecular flexibility index (Phi) is 4.63. The maximum Gasteiger partial charge on any atom is 0.0801 e. The topological polar surface area (TPSA) is 37.8 Å². The van der Waals surface area contributed by atoms with E-state index in [9.17, 15) is 0 Å². The summed E-state index contributed by atoms with van der Waals surface area (Å²) >= 11 is 0. The van der Waals surface area contributed by atoms with Crippen LogP contribution < -0.4 is 5.32 Å². The van der Waals surface area contributed by atoms with Gasteiger partial charge in [-0.15, -0.1) is 0 Å². The Hall–Kier alpha value is -1.74. The van der Waals surface area contributed by atoms with Crippen molar-refractivity contribution in [3.63, 3.8) is 0 Å². The summed E-state index contributed by atoms with van der Waals surface area (Å²) in [5, 5.41) is 3.55. The van der Waals surface area contributed by atoms with E-state index in [4.69, 9.17) is 0 Å². The Morgan fingerprint density at radius 1 is 1.16 bits per heavy atom. The number of nitrogens with zero attached hydrogens (tertiary/aromatic N) is 2. The van der Waals surface area contributed by atoms with Crippen molar-refractivity contribution < 1.29 is 0 Å². The number of nitrogens with one attached hydrogen (secondary N) is 1. The molecule has 0 saturated carbocycles. The van der Waals surface area contributed by atoms with Crippen LogP contribution in [0, 0.1) is 13.8 Å². The largest absolute Gasteiger partial charge is 0.305 e. The van der Waals surface area contributed by atoms with Crippen molar-refractivity contribution in [1.29, 1.82) is 0 Å². The van der Waals surface area contributed by atoms with Gasteiger partial charge in [0.05, 0.1) is 17.9 Å². The number of aryl methyl sites for hydroxylation is 2. The van der Waals surface area contributed by atoms with E-state index in [1.54, 1.807) is 12.4 Å². The van der Waals surface area contributed by atoms with E-state index in [1.165, 1.54) is 16.7 Å². The lowest BCUT2D eigenvalue weighted by Crippen LogP contribution is -2.24. The molecule has 0 radical (unpaired) electrons. The number of hydrogen-bond acceptors (Lipinski definition) is 3. The molecule has 2 rings (SSSR count). The minimum atomic E-state index is 0.118. The van der Waals surface area contributed by atoms with Crippen LogP contribution >= 0.6 is 0 Å². The van der Waals surface area contributed by atoms with Crippen molar-refractivity contribution in [2.75, 3.05) is 6.54 Å². The quantitative estimate of drug-likeness (QED) is 0.891. The van der Waals surface area contributed by atoms with Gasteiger partial charge in [0.2, 0.25) is 0 Å². The van der Waals surface area contributed by atoms with Gasteiger partial charge in [0.15, 0.2) is 0 Å². The molecule has 0 aliphatic heterocycles. The van der Waals surface area contributed by atoms with E-state index in [1.807, 2.05) is 6.20 Å². The summed E-state index contributed by atoms with van der Waals surface area (Å²) in [6.07, 6.45) is 6.39. The van der Waals surface area contributed by atoms with E-state index < -0.39 is 0 Å². The van der Waals surface area contributed by atoms with Crippen molar-refractivity contribution in [3.8, 4) is 0 Å². The maximum absolute atomic E-state index is 4.44. The third-order valence-corrected chi connectivity index (χ3v) is 3.34. The van der Waals surface area contributed by atoms with Gasteiger partial charge in [-0.3, -0.25) is 9.97 Å². The molecule has 0 spiro atoms. The zero-order chi connectivity index (χ0) is 13.7. The van der Waals surface area contributed by atoms with Crippen LogP contribution in [-0.2, 0) is 0 Å². The summed E-state index contributed by atoms with van der Waals surface area (Å²) in [5.74, 6) is 0. The molecule has 1 N–H and O–H groups in total. The Morgan fingerprint density at radius 2 is 2.00 bits per heavy atom. The van der Waals surface area contributed by atoms with E-state index in [0.717, 1.165) is 18.7 Å². The molecular formula is C16H21N3. The third-order valence-electron chi connectivity index (χ3n) is 3.34. The molecule has 1 aromatic heterocycles. The van der Waals surface area contributed by atoms with Crippen LogP contribution in [0.5, 0.6) is 0 Å². The molecule has 0 saturated heterocycles. The first kappa shape index (κ1) is 13.7. The van der Waals surface area contributed by atoms with Gasteiger partial charge in [0, 0.05) is 12.4 Å². The fourth-order valence-corrected chi connectivity index (χ4v) is 2.09. The number of benzene rings is 1. The smallest absolute Gasteiger partial charge is 0.0801 e. The monoisotopic (exact) mass is 255 g/mol. The summed E-state index contributed by atoms with van der Waals surface area (Å²) < 4.78 is 0. The molecule has 2 aromatic rings. The first-order valence-electron chi connectivity index (χ1n) is 6.78. The fourth-order valence-electron chi connectivity index (χ4n) is 2.09. The van der Waals surface area contributed by atoms with Gasteiger partial charge in [-0.1, -0.05) is 25.1 Å². The summed E-state index contributed by atoms with van der Waals surface area (Å²) in [4.78, 5) is 8.61. The normalized spacial score (nSPS) is 12.4. The first-order chi connectivity index (χ1) is 9.22. The summed E-state index contributed by atoms with van der Waals surface area (Å²) in [6.45, 7) is 7.41. The van der Waals surface area contributed by atoms with Crippen molar-refractivity contribution in [3.05, 3.63) is 59.2 Å². The van der Waals surface area contributed by atoms with E-state index in [2.05, 4.69) is 54.3 Å². The second-order valence-corrected chi connectivity index (χ2v) is 4.86. The second kappa shape index (κ2) is 6.43. The van der Waals surface area contributed by atoms with Crippen LogP contribution in [0.1, 0.15) is 41.8 Å². The highest BCUT2D eigenvalue weighted by atomic mass is 14.9. The van der Waals surface area contributed by atoms with Gasteiger partial charge in [-0.2, -0.15) is 0 Å². The van der Waals surface area contributed by atoms with Gasteiger partial charge in [-0.05, 0) is 43.5 Å². The van der Waals surface area contributed by atoms with Crippen molar-refractivity contribution in [1.82, 2.24) is 15.3 Å². The molecule has 0 amide bonds. The molecule has 0 bridgehead atoms. The van der Waals surface area contributed by atoms with Gasteiger partial charge in [0.1, 0.15) is 0 Å². The predicted molar refractivity (Wildman–Crippen MR) is 78.1 cm³/mol. The van der Waals surface area contributed by atoms with Crippen molar-refractivity contribution >= 4 is 0 Å². The second-order valence-electron chi connectivity index (χ2n) is 4.86. The minimum absolute atomic E-state index is 0.118. The van der Waals surface area contributed by atoms with Gasteiger partial charge < -0.3 is 5.32 Å². The van der Waals surface area contributed by atoms with Gasteiger partial charge in [-0.25, -0.2) is 0 Å². The summed E-state index contributed by atoms with van der Waals surface area (Å²) in [5.41, 5.74) is 4.85. The number of hydrogen-bond donors (Lipinski definition) is 1. The van der Waals surface area contributed by atoms with Gasteiger partial charge >= 0.3 is 0 Å². The van der Waals surface area contributed by atoms with Crippen LogP contribution in [0.15, 0.2) is 36.8 Å². The minimum Gasteiger partial charge on any atom is -0.305 e. The molecule has 100 valence electrons. The van der Waals surface area contributed by atoms with Gasteiger partial charge in [0.25, 0.3) is 0 Å². The molecule has 3 heteroatoms. The van der Waals surface area contributed by atoms with E-state index in [-0.39, 0.29) is 6.04 Å². The first-order valence-corrected chi connectivity index (χ1v) is 6.78. The Labute approximate surface area is 115 Å². The molecule has 19 heavy (non-hydrogen) atoms. The highest BCUT2D eigenvalue weighted by molar-refractivity contribution is 5.34. The lowest BCUT2D eigenvalue weighted by Gasteiger charge is -2.19. The summed E-state index contributed by atoms with van der Waals surface area (Å²) in [7, 11) is 0. The molecule has 1 aromatic carbocycles. The molecule has 3 nitrogen and oxygen atoms in total. The highest BCUT2D eigenvalue weighted by Gasteiger charge is 2.15. The highest BCUT2D eigenvalue weighted by Crippen LogP contribution is 2.22. The van der Waals surface area contributed by atoms with Crippen LogP contribution in [0.2, 0.25) is 0 Å². The predicted octanol–water partition coefficient (Wildman–Crippen LogP) is 3.18. The maximum atomic E-state index is 4.44. The average Bonchev–Trinajstić information content (AvgIpc) is 2.44. The molecule has 0 aliphatic carbocycles.